The van der Waals surface area contributed by atoms with Gasteiger partial charge in [0.1, 0.15) is 0 Å². The van der Waals surface area contributed by atoms with E-state index in [0.717, 1.165) is 0 Å². The Morgan fingerprint density at radius 2 is 1.83 bits per heavy atom. The van der Waals surface area contributed by atoms with Crippen molar-refractivity contribution in [3.8, 4) is 11.5 Å². The summed E-state index contributed by atoms with van der Waals surface area (Å²) >= 11 is 0. The SMILES string of the molecule is COc1ccc(C(=O)NC(CO)CO)cc1OC. The number of carbonyl (C=O) groups is 1. The van der Waals surface area contributed by atoms with Gasteiger partial charge < -0.3 is 25.0 Å². The van der Waals surface area contributed by atoms with Gasteiger partial charge in [-0.3, -0.25) is 4.79 Å². The molecule has 1 aromatic carbocycles. The van der Waals surface area contributed by atoms with Crippen LogP contribution in [0.5, 0.6) is 11.5 Å². The first kappa shape index (κ1) is 14.3. The zero-order valence-corrected chi connectivity index (χ0v) is 10.3. The van der Waals surface area contributed by atoms with Crippen LogP contribution in [0.1, 0.15) is 10.4 Å². The molecule has 0 spiro atoms. The second-order valence-electron chi connectivity index (χ2n) is 3.61. The standard InChI is InChI=1S/C12H17NO5/c1-17-10-4-3-8(5-11(10)18-2)12(16)13-9(6-14)7-15/h3-5,9,14-15H,6-7H2,1-2H3,(H,13,16). The lowest BCUT2D eigenvalue weighted by atomic mass is 10.1. The molecule has 100 valence electrons. The molecule has 0 aliphatic carbocycles. The van der Waals surface area contributed by atoms with E-state index in [4.69, 9.17) is 19.7 Å². The van der Waals surface area contributed by atoms with Crippen LogP contribution in [-0.4, -0.2) is 49.6 Å². The number of rotatable bonds is 6. The van der Waals surface area contributed by atoms with Crippen LogP contribution in [0.3, 0.4) is 0 Å². The Bertz CT molecular complexity index is 403. The van der Waals surface area contributed by atoms with Crippen molar-refractivity contribution in [1.82, 2.24) is 5.32 Å². The summed E-state index contributed by atoms with van der Waals surface area (Å²) in [6.45, 7) is -0.648. The summed E-state index contributed by atoms with van der Waals surface area (Å²) in [6.07, 6.45) is 0. The van der Waals surface area contributed by atoms with Gasteiger partial charge in [-0.05, 0) is 18.2 Å². The number of hydrogen-bond acceptors (Lipinski definition) is 5. The average molecular weight is 255 g/mol. The predicted octanol–water partition coefficient (Wildman–Crippen LogP) is -0.213. The molecule has 0 atom stereocenters. The first-order valence-corrected chi connectivity index (χ1v) is 5.40. The number of aliphatic hydroxyl groups is 2. The molecule has 0 unspecified atom stereocenters. The summed E-state index contributed by atoms with van der Waals surface area (Å²) in [5.41, 5.74) is 0.361. The summed E-state index contributed by atoms with van der Waals surface area (Å²) in [4.78, 5) is 11.8. The van der Waals surface area contributed by atoms with Crippen LogP contribution < -0.4 is 14.8 Å². The second-order valence-corrected chi connectivity index (χ2v) is 3.61. The first-order chi connectivity index (χ1) is 8.65. The predicted molar refractivity (Wildman–Crippen MR) is 65.0 cm³/mol. The zero-order valence-electron chi connectivity index (χ0n) is 10.3. The largest absolute Gasteiger partial charge is 0.493 e. The lowest BCUT2D eigenvalue weighted by Gasteiger charge is -2.14. The monoisotopic (exact) mass is 255 g/mol. The van der Waals surface area contributed by atoms with E-state index in [-0.39, 0.29) is 13.2 Å². The van der Waals surface area contributed by atoms with Gasteiger partial charge in [-0.25, -0.2) is 0 Å². The highest BCUT2D eigenvalue weighted by Crippen LogP contribution is 2.27. The second kappa shape index (κ2) is 6.83. The molecule has 0 bridgehead atoms. The molecule has 0 aromatic heterocycles. The van der Waals surface area contributed by atoms with Crippen molar-refractivity contribution >= 4 is 5.91 Å². The van der Waals surface area contributed by atoms with Crippen molar-refractivity contribution in [2.75, 3.05) is 27.4 Å². The third-order valence-electron chi connectivity index (χ3n) is 2.42. The number of aliphatic hydroxyl groups excluding tert-OH is 2. The summed E-state index contributed by atoms with van der Waals surface area (Å²) in [7, 11) is 2.98. The maximum atomic E-state index is 11.8. The van der Waals surface area contributed by atoms with Gasteiger partial charge in [-0.1, -0.05) is 0 Å². The summed E-state index contributed by atoms with van der Waals surface area (Å²) in [5.74, 6) is 0.564. The van der Waals surface area contributed by atoms with E-state index in [1.165, 1.54) is 20.3 Å². The van der Waals surface area contributed by atoms with Crippen LogP contribution in [-0.2, 0) is 0 Å². The quantitative estimate of drug-likeness (QED) is 0.654. The van der Waals surface area contributed by atoms with Gasteiger partial charge in [-0.2, -0.15) is 0 Å². The van der Waals surface area contributed by atoms with Crippen LogP contribution >= 0.6 is 0 Å². The van der Waals surface area contributed by atoms with Crippen molar-refractivity contribution in [1.29, 1.82) is 0 Å². The highest BCUT2D eigenvalue weighted by Gasteiger charge is 2.14. The average Bonchev–Trinajstić information content (AvgIpc) is 2.43. The fourth-order valence-electron chi connectivity index (χ4n) is 1.40. The van der Waals surface area contributed by atoms with E-state index in [0.29, 0.717) is 17.1 Å². The molecule has 0 aliphatic rings. The van der Waals surface area contributed by atoms with Gasteiger partial charge in [-0.15, -0.1) is 0 Å². The molecule has 0 radical (unpaired) electrons. The molecule has 0 aliphatic heterocycles. The van der Waals surface area contributed by atoms with Gasteiger partial charge in [0.05, 0.1) is 33.5 Å². The van der Waals surface area contributed by atoms with E-state index in [1.807, 2.05) is 0 Å². The third kappa shape index (κ3) is 3.35. The van der Waals surface area contributed by atoms with Crippen LogP contribution in [0.4, 0.5) is 0 Å². The zero-order chi connectivity index (χ0) is 13.5. The fourth-order valence-corrected chi connectivity index (χ4v) is 1.40. The maximum absolute atomic E-state index is 11.8. The lowest BCUT2D eigenvalue weighted by Crippen LogP contribution is -2.40. The molecular weight excluding hydrogens is 238 g/mol. The van der Waals surface area contributed by atoms with Crippen LogP contribution in [0.15, 0.2) is 18.2 Å². The maximum Gasteiger partial charge on any atom is 0.251 e. The third-order valence-corrected chi connectivity index (χ3v) is 2.42. The Labute approximate surface area is 105 Å². The van der Waals surface area contributed by atoms with Crippen LogP contribution in [0, 0.1) is 0 Å². The summed E-state index contributed by atoms with van der Waals surface area (Å²) in [5, 5.41) is 20.3. The molecular formula is C12H17NO5. The van der Waals surface area contributed by atoms with Gasteiger partial charge in [0.15, 0.2) is 11.5 Å². The molecule has 0 heterocycles. The molecule has 6 heteroatoms. The minimum atomic E-state index is -0.675. The van der Waals surface area contributed by atoms with E-state index in [1.54, 1.807) is 12.1 Å². The van der Waals surface area contributed by atoms with Crippen molar-refractivity contribution in [2.45, 2.75) is 6.04 Å². The molecule has 1 amide bonds. The number of benzene rings is 1. The summed E-state index contributed by atoms with van der Waals surface area (Å²) in [6, 6.07) is 4.04. The molecule has 1 rings (SSSR count). The van der Waals surface area contributed by atoms with E-state index < -0.39 is 11.9 Å². The number of carbonyl (C=O) groups excluding carboxylic acids is 1. The van der Waals surface area contributed by atoms with Crippen molar-refractivity contribution < 1.29 is 24.5 Å². The molecule has 0 saturated carbocycles. The Balaban J connectivity index is 2.86. The van der Waals surface area contributed by atoms with Crippen molar-refractivity contribution in [3.63, 3.8) is 0 Å². The fraction of sp³-hybridized carbons (Fsp3) is 0.417. The number of ether oxygens (including phenoxy) is 2. The Morgan fingerprint density at radius 3 is 2.33 bits per heavy atom. The number of hydrogen-bond donors (Lipinski definition) is 3. The van der Waals surface area contributed by atoms with Crippen molar-refractivity contribution in [3.05, 3.63) is 23.8 Å². The Kier molecular flexibility index (Phi) is 5.41. The minimum Gasteiger partial charge on any atom is -0.493 e. The highest BCUT2D eigenvalue weighted by molar-refractivity contribution is 5.95. The van der Waals surface area contributed by atoms with E-state index in [2.05, 4.69) is 5.32 Å². The summed E-state index contributed by atoms with van der Waals surface area (Å²) < 4.78 is 10.1. The smallest absolute Gasteiger partial charge is 0.251 e. The molecule has 1 aromatic rings. The topological polar surface area (TPSA) is 88.0 Å². The van der Waals surface area contributed by atoms with Gasteiger partial charge in [0, 0.05) is 5.56 Å². The normalized spacial score (nSPS) is 10.3. The van der Waals surface area contributed by atoms with Crippen LogP contribution in [0.2, 0.25) is 0 Å². The molecule has 0 fully saturated rings. The van der Waals surface area contributed by atoms with Crippen LogP contribution in [0.25, 0.3) is 0 Å². The molecule has 6 nitrogen and oxygen atoms in total. The van der Waals surface area contributed by atoms with E-state index in [9.17, 15) is 4.79 Å². The van der Waals surface area contributed by atoms with Gasteiger partial charge >= 0.3 is 0 Å². The van der Waals surface area contributed by atoms with E-state index >= 15 is 0 Å². The highest BCUT2D eigenvalue weighted by atomic mass is 16.5. The Hall–Kier alpha value is -1.79. The minimum absolute atomic E-state index is 0.324. The lowest BCUT2D eigenvalue weighted by molar-refractivity contribution is 0.0879. The van der Waals surface area contributed by atoms with Gasteiger partial charge in [0.25, 0.3) is 5.91 Å². The first-order valence-electron chi connectivity index (χ1n) is 5.40. The molecule has 18 heavy (non-hydrogen) atoms. The molecule has 0 saturated heterocycles. The number of methoxy groups -OCH3 is 2. The van der Waals surface area contributed by atoms with Crippen molar-refractivity contribution in [2.24, 2.45) is 0 Å². The number of nitrogens with one attached hydrogen (secondary N) is 1. The van der Waals surface area contributed by atoms with Gasteiger partial charge in [0.2, 0.25) is 0 Å². The number of amides is 1. The molecule has 3 N–H and O–H groups in total. The Morgan fingerprint density at radius 1 is 1.22 bits per heavy atom.